The first-order valence-corrected chi connectivity index (χ1v) is 6.51. The van der Waals surface area contributed by atoms with Gasteiger partial charge in [-0.25, -0.2) is 9.97 Å². The second-order valence-electron chi connectivity index (χ2n) is 5.03. The molecule has 0 aliphatic rings. The van der Waals surface area contributed by atoms with Crippen LogP contribution in [0.5, 0.6) is 0 Å². The van der Waals surface area contributed by atoms with Crippen LogP contribution in [0, 0.1) is 13.8 Å². The Morgan fingerprint density at radius 3 is 2.29 bits per heavy atom. The van der Waals surface area contributed by atoms with Gasteiger partial charge in [0, 0.05) is 11.8 Å². The van der Waals surface area contributed by atoms with Gasteiger partial charge in [0.25, 0.3) is 11.1 Å². The lowest BCUT2D eigenvalue weighted by Gasteiger charge is -2.18. The van der Waals surface area contributed by atoms with Crippen LogP contribution in [0.4, 0.5) is 22.0 Å². The molecule has 11 heteroatoms. The summed E-state index contributed by atoms with van der Waals surface area (Å²) in [5, 5.41) is 0. The molecule has 0 amide bonds. The van der Waals surface area contributed by atoms with Crippen LogP contribution in [-0.2, 0) is 12.5 Å². The van der Waals surface area contributed by atoms with E-state index in [1.54, 1.807) is 6.92 Å². The number of aromatic amines is 1. The maximum absolute atomic E-state index is 13.2. The van der Waals surface area contributed by atoms with Crippen molar-refractivity contribution in [3.8, 4) is 0 Å². The Morgan fingerprint density at radius 2 is 1.79 bits per heavy atom. The molecule has 2 heterocycles. The van der Waals surface area contributed by atoms with Gasteiger partial charge in [0.2, 0.25) is 0 Å². The van der Waals surface area contributed by atoms with Gasteiger partial charge in [-0.2, -0.15) is 22.0 Å². The Kier molecular flexibility index (Phi) is 4.29. The maximum Gasteiger partial charge on any atom is 0.459 e. The second kappa shape index (κ2) is 5.80. The summed E-state index contributed by atoms with van der Waals surface area (Å²) in [7, 11) is 0. The zero-order chi connectivity index (χ0) is 18.3. The van der Waals surface area contributed by atoms with E-state index in [0.29, 0.717) is 17.8 Å². The molecule has 0 saturated carbocycles. The van der Waals surface area contributed by atoms with Gasteiger partial charge in [-0.1, -0.05) is 0 Å². The average Bonchev–Trinajstić information content (AvgIpc) is 2.42. The van der Waals surface area contributed by atoms with Crippen LogP contribution in [0.15, 0.2) is 22.0 Å². The molecule has 0 radical (unpaired) electrons. The van der Waals surface area contributed by atoms with Crippen molar-refractivity contribution in [2.45, 2.75) is 32.5 Å². The van der Waals surface area contributed by atoms with Crippen LogP contribution in [-0.4, -0.2) is 25.7 Å². The molecule has 0 aliphatic carbocycles. The molecule has 130 valence electrons. The SMILES string of the molecule is Cc1nc(C)c(Cn2cnc(C(F)(F)C(F)(F)F)cc2=O)c(=O)[nH]1. The van der Waals surface area contributed by atoms with Crippen molar-refractivity contribution in [3.05, 3.63) is 55.9 Å². The fourth-order valence-electron chi connectivity index (χ4n) is 1.97. The first-order valence-electron chi connectivity index (χ1n) is 6.51. The van der Waals surface area contributed by atoms with Gasteiger partial charge in [0.05, 0.1) is 18.4 Å². The molecule has 0 aromatic carbocycles. The quantitative estimate of drug-likeness (QED) is 0.854. The average molecular weight is 350 g/mol. The van der Waals surface area contributed by atoms with Crippen LogP contribution >= 0.6 is 0 Å². The monoisotopic (exact) mass is 350 g/mol. The van der Waals surface area contributed by atoms with Crippen molar-refractivity contribution in [2.24, 2.45) is 0 Å². The molecule has 0 atom stereocenters. The van der Waals surface area contributed by atoms with E-state index >= 15 is 0 Å². The van der Waals surface area contributed by atoms with Gasteiger partial charge in [-0.15, -0.1) is 0 Å². The van der Waals surface area contributed by atoms with E-state index in [9.17, 15) is 31.5 Å². The normalized spacial score (nSPS) is 12.5. The summed E-state index contributed by atoms with van der Waals surface area (Å²) >= 11 is 0. The largest absolute Gasteiger partial charge is 0.459 e. The summed E-state index contributed by atoms with van der Waals surface area (Å²) in [5.74, 6) is -4.91. The lowest BCUT2D eigenvalue weighted by Crippen LogP contribution is -2.36. The fraction of sp³-hybridized carbons (Fsp3) is 0.385. The van der Waals surface area contributed by atoms with Crippen LogP contribution in [0.3, 0.4) is 0 Å². The zero-order valence-corrected chi connectivity index (χ0v) is 12.4. The number of nitrogens with one attached hydrogen (secondary N) is 1. The number of H-pyrrole nitrogens is 1. The highest BCUT2D eigenvalue weighted by atomic mass is 19.4. The predicted molar refractivity (Wildman–Crippen MR) is 71.9 cm³/mol. The van der Waals surface area contributed by atoms with Crippen molar-refractivity contribution in [1.29, 1.82) is 0 Å². The fourth-order valence-corrected chi connectivity index (χ4v) is 1.97. The molecule has 1 N–H and O–H groups in total. The van der Waals surface area contributed by atoms with Gasteiger partial charge in [-0.05, 0) is 13.8 Å². The molecular weight excluding hydrogens is 339 g/mol. The van der Waals surface area contributed by atoms with E-state index < -0.39 is 28.9 Å². The van der Waals surface area contributed by atoms with Crippen molar-refractivity contribution >= 4 is 0 Å². The molecule has 2 rings (SSSR count). The standard InChI is InChI=1S/C13H11F5N4O2/c1-6-8(11(24)21-7(2)20-6)4-22-5-19-9(3-10(22)23)12(14,15)13(16,17)18/h3,5H,4H2,1-2H3,(H,20,21,24). The van der Waals surface area contributed by atoms with Gasteiger partial charge in [-0.3, -0.25) is 14.2 Å². The Hall–Kier alpha value is -2.59. The number of aryl methyl sites for hydroxylation is 2. The van der Waals surface area contributed by atoms with E-state index in [-0.39, 0.29) is 18.2 Å². The lowest BCUT2D eigenvalue weighted by atomic mass is 10.2. The number of aromatic nitrogens is 4. The summed E-state index contributed by atoms with van der Waals surface area (Å²) in [4.78, 5) is 33.0. The summed E-state index contributed by atoms with van der Waals surface area (Å²) < 4.78 is 64.0. The molecule has 6 nitrogen and oxygen atoms in total. The van der Waals surface area contributed by atoms with E-state index in [1.807, 2.05) is 0 Å². The summed E-state index contributed by atoms with van der Waals surface area (Å²) in [6.07, 6.45) is -5.33. The minimum absolute atomic E-state index is 0.0693. The smallest absolute Gasteiger partial charge is 0.310 e. The molecule has 0 aliphatic heterocycles. The molecular formula is C13H11F5N4O2. The lowest BCUT2D eigenvalue weighted by molar-refractivity contribution is -0.291. The van der Waals surface area contributed by atoms with Crippen molar-refractivity contribution in [3.63, 3.8) is 0 Å². The van der Waals surface area contributed by atoms with Crippen LogP contribution in [0.1, 0.15) is 22.8 Å². The summed E-state index contributed by atoms with van der Waals surface area (Å²) in [5.41, 5.74) is -3.03. The van der Waals surface area contributed by atoms with Crippen LogP contribution in [0.25, 0.3) is 0 Å². The third-order valence-electron chi connectivity index (χ3n) is 3.23. The maximum atomic E-state index is 13.2. The van der Waals surface area contributed by atoms with E-state index in [0.717, 1.165) is 4.57 Å². The second-order valence-corrected chi connectivity index (χ2v) is 5.03. The van der Waals surface area contributed by atoms with Crippen LogP contribution < -0.4 is 11.1 Å². The number of hydrogen-bond acceptors (Lipinski definition) is 4. The minimum Gasteiger partial charge on any atom is -0.310 e. The van der Waals surface area contributed by atoms with E-state index in [1.165, 1.54) is 6.92 Å². The summed E-state index contributed by atoms with van der Waals surface area (Å²) in [6.45, 7) is 2.68. The Bertz CT molecular complexity index is 885. The zero-order valence-electron chi connectivity index (χ0n) is 12.4. The van der Waals surface area contributed by atoms with Gasteiger partial charge in [0.1, 0.15) is 11.5 Å². The molecule has 2 aromatic rings. The number of hydrogen-bond donors (Lipinski definition) is 1. The molecule has 0 spiro atoms. The minimum atomic E-state index is -5.87. The number of halogens is 5. The highest BCUT2D eigenvalue weighted by molar-refractivity contribution is 5.17. The molecule has 2 aromatic heterocycles. The molecule has 0 unspecified atom stereocenters. The number of nitrogens with zero attached hydrogens (tertiary/aromatic N) is 3. The summed E-state index contributed by atoms with van der Waals surface area (Å²) in [6, 6.07) is 0.0959. The van der Waals surface area contributed by atoms with Crippen molar-refractivity contribution < 1.29 is 22.0 Å². The van der Waals surface area contributed by atoms with Gasteiger partial charge in [0.15, 0.2) is 0 Å². The molecule has 0 fully saturated rings. The molecule has 24 heavy (non-hydrogen) atoms. The van der Waals surface area contributed by atoms with Gasteiger partial charge >= 0.3 is 12.1 Å². The first-order chi connectivity index (χ1) is 10.9. The highest BCUT2D eigenvalue weighted by Crippen LogP contribution is 2.42. The van der Waals surface area contributed by atoms with Gasteiger partial charge < -0.3 is 4.98 Å². The molecule has 0 saturated heterocycles. The first kappa shape index (κ1) is 17.8. The predicted octanol–water partition coefficient (Wildman–Crippen LogP) is 1.65. The molecule has 0 bridgehead atoms. The third-order valence-corrected chi connectivity index (χ3v) is 3.23. The van der Waals surface area contributed by atoms with Crippen molar-refractivity contribution in [2.75, 3.05) is 0 Å². The van der Waals surface area contributed by atoms with Crippen molar-refractivity contribution in [1.82, 2.24) is 19.5 Å². The van der Waals surface area contributed by atoms with E-state index in [2.05, 4.69) is 15.0 Å². The Morgan fingerprint density at radius 1 is 1.17 bits per heavy atom. The Balaban J connectivity index is 2.43. The van der Waals surface area contributed by atoms with E-state index in [4.69, 9.17) is 0 Å². The highest BCUT2D eigenvalue weighted by Gasteiger charge is 2.60. The Labute approximate surface area is 131 Å². The number of rotatable bonds is 3. The number of alkyl halides is 5. The topological polar surface area (TPSA) is 80.6 Å². The third kappa shape index (κ3) is 3.19. The van der Waals surface area contributed by atoms with Crippen LogP contribution in [0.2, 0.25) is 0 Å².